The molecule has 0 atom stereocenters. The molecule has 5 nitrogen and oxygen atoms in total. The summed E-state index contributed by atoms with van der Waals surface area (Å²) in [5, 5.41) is 4.21. The molecule has 21 heavy (non-hydrogen) atoms. The first kappa shape index (κ1) is 15.1. The highest BCUT2D eigenvalue weighted by molar-refractivity contribution is 5.88. The molecule has 1 heterocycles. The van der Waals surface area contributed by atoms with Crippen molar-refractivity contribution in [1.82, 2.24) is 15.8 Å². The van der Waals surface area contributed by atoms with Crippen LogP contribution >= 0.6 is 0 Å². The highest BCUT2D eigenvalue weighted by Crippen LogP contribution is 2.16. The van der Waals surface area contributed by atoms with Crippen LogP contribution in [0, 0.1) is 0 Å². The highest BCUT2D eigenvalue weighted by atomic mass is 16.2. The Labute approximate surface area is 125 Å². The van der Waals surface area contributed by atoms with Gasteiger partial charge in [0.2, 0.25) is 11.8 Å². The molecule has 0 radical (unpaired) electrons. The third-order valence-corrected chi connectivity index (χ3v) is 2.94. The first-order valence-electron chi connectivity index (χ1n) is 6.99. The molecule has 5 heteroatoms. The molecule has 0 bridgehead atoms. The van der Waals surface area contributed by atoms with Gasteiger partial charge in [-0.3, -0.25) is 15.0 Å². The van der Waals surface area contributed by atoms with Crippen molar-refractivity contribution >= 4 is 17.5 Å². The Morgan fingerprint density at radius 2 is 1.95 bits per heavy atom. The predicted octanol–water partition coefficient (Wildman–Crippen LogP) is 1.68. The molecule has 0 saturated heterocycles. The Morgan fingerprint density at radius 3 is 2.57 bits per heavy atom. The summed E-state index contributed by atoms with van der Waals surface area (Å²) in [4.78, 5) is 23.9. The Kier molecular flexibility index (Phi) is 4.31. The summed E-state index contributed by atoms with van der Waals surface area (Å²) in [6.07, 6.45) is 2.13. The fraction of sp³-hybridized carbons (Fsp3) is 0.375. The average molecular weight is 287 g/mol. The maximum absolute atomic E-state index is 12.0. The van der Waals surface area contributed by atoms with Crippen molar-refractivity contribution in [3.8, 4) is 0 Å². The summed E-state index contributed by atoms with van der Waals surface area (Å²) in [6.45, 7) is 5.73. The van der Waals surface area contributed by atoms with Crippen LogP contribution in [0.1, 0.15) is 32.8 Å². The van der Waals surface area contributed by atoms with E-state index in [1.54, 1.807) is 0 Å². The van der Waals surface area contributed by atoms with Crippen molar-refractivity contribution in [2.24, 2.45) is 0 Å². The lowest BCUT2D eigenvalue weighted by atomic mass is 10.1. The van der Waals surface area contributed by atoms with Gasteiger partial charge in [0.05, 0.1) is 5.70 Å². The van der Waals surface area contributed by atoms with E-state index in [1.807, 2.05) is 57.2 Å². The van der Waals surface area contributed by atoms with Gasteiger partial charge in [0.1, 0.15) is 6.54 Å². The van der Waals surface area contributed by atoms with Crippen LogP contribution in [-0.2, 0) is 9.59 Å². The van der Waals surface area contributed by atoms with Gasteiger partial charge in [0.25, 0.3) is 0 Å². The number of carbonyl (C=O) groups is 2. The van der Waals surface area contributed by atoms with Crippen molar-refractivity contribution < 1.29 is 9.59 Å². The van der Waals surface area contributed by atoms with E-state index in [-0.39, 0.29) is 23.9 Å². The molecular formula is C16H21N3O2. The number of carbonyl (C=O) groups excluding carboxylic acids is 2. The number of rotatable bonds is 3. The summed E-state index contributed by atoms with van der Waals surface area (Å²) in [7, 11) is 0. The number of nitrogens with zero attached hydrogens (tertiary/aromatic N) is 1. The zero-order valence-electron chi connectivity index (χ0n) is 12.6. The van der Waals surface area contributed by atoms with Gasteiger partial charge in [-0.15, -0.1) is 0 Å². The molecular weight excluding hydrogens is 266 g/mol. The maximum atomic E-state index is 12.0. The molecule has 112 valence electrons. The van der Waals surface area contributed by atoms with E-state index in [0.717, 1.165) is 11.3 Å². The predicted molar refractivity (Wildman–Crippen MR) is 81.8 cm³/mol. The minimum atomic E-state index is -0.311. The molecule has 2 rings (SSSR count). The van der Waals surface area contributed by atoms with Crippen molar-refractivity contribution in [2.75, 3.05) is 6.54 Å². The lowest BCUT2D eigenvalue weighted by Crippen LogP contribution is -2.52. The van der Waals surface area contributed by atoms with Crippen molar-refractivity contribution in [3.63, 3.8) is 0 Å². The second kappa shape index (κ2) is 5.99. The molecule has 0 aromatic heterocycles. The van der Waals surface area contributed by atoms with Crippen LogP contribution in [0.4, 0.5) is 0 Å². The van der Waals surface area contributed by atoms with E-state index >= 15 is 0 Å². The zero-order valence-corrected chi connectivity index (χ0v) is 12.6. The highest BCUT2D eigenvalue weighted by Gasteiger charge is 2.23. The molecule has 1 aliphatic rings. The van der Waals surface area contributed by atoms with Crippen LogP contribution in [0.5, 0.6) is 0 Å². The minimum absolute atomic E-state index is 0.000275. The number of hydrogen-bond acceptors (Lipinski definition) is 3. The lowest BCUT2D eigenvalue weighted by molar-refractivity contribution is -0.138. The molecule has 1 aromatic rings. The van der Waals surface area contributed by atoms with E-state index in [2.05, 4.69) is 10.7 Å². The topological polar surface area (TPSA) is 61.4 Å². The third-order valence-electron chi connectivity index (χ3n) is 2.94. The summed E-state index contributed by atoms with van der Waals surface area (Å²) in [5.74, 6) is -0.295. The molecule has 0 fully saturated rings. The van der Waals surface area contributed by atoms with E-state index < -0.39 is 0 Å². The van der Waals surface area contributed by atoms with E-state index in [9.17, 15) is 9.59 Å². The Bertz CT molecular complexity index is 559. The fourth-order valence-corrected chi connectivity index (χ4v) is 2.08. The van der Waals surface area contributed by atoms with Gasteiger partial charge < -0.3 is 5.32 Å². The van der Waals surface area contributed by atoms with Gasteiger partial charge in [0.15, 0.2) is 0 Å². The number of amides is 2. The summed E-state index contributed by atoms with van der Waals surface area (Å²) in [6, 6.07) is 9.73. The van der Waals surface area contributed by atoms with E-state index in [4.69, 9.17) is 0 Å². The molecule has 0 aliphatic carbocycles. The Morgan fingerprint density at radius 1 is 1.29 bits per heavy atom. The first-order valence-corrected chi connectivity index (χ1v) is 6.99. The average Bonchev–Trinajstić information content (AvgIpc) is 2.40. The van der Waals surface area contributed by atoms with Crippen LogP contribution in [0.15, 0.2) is 36.4 Å². The molecule has 0 unspecified atom stereocenters. The van der Waals surface area contributed by atoms with Crippen molar-refractivity contribution in [2.45, 2.75) is 32.7 Å². The second-order valence-corrected chi connectivity index (χ2v) is 6.08. The van der Waals surface area contributed by atoms with Gasteiger partial charge in [-0.05, 0) is 32.4 Å². The van der Waals surface area contributed by atoms with Gasteiger partial charge in [-0.25, -0.2) is 5.01 Å². The first-order chi connectivity index (χ1) is 9.85. The number of hydrogen-bond donors (Lipinski definition) is 2. The zero-order chi connectivity index (χ0) is 15.5. The summed E-state index contributed by atoms with van der Waals surface area (Å²) in [5.41, 5.74) is 4.55. The summed E-state index contributed by atoms with van der Waals surface area (Å²) >= 11 is 0. The van der Waals surface area contributed by atoms with Gasteiger partial charge in [0, 0.05) is 12.0 Å². The molecule has 2 N–H and O–H groups in total. The molecule has 1 aromatic carbocycles. The standard InChI is InChI=1S/C16H21N3O2/c1-16(2,3)17-14(20)11-19-15(21)10-9-13(18-19)12-7-5-4-6-8-12/h4-9,18H,10-11H2,1-3H3,(H,17,20). The Hall–Kier alpha value is -2.30. The normalized spacial score (nSPS) is 15.3. The molecule has 0 saturated carbocycles. The van der Waals surface area contributed by atoms with Crippen molar-refractivity contribution in [1.29, 1.82) is 0 Å². The lowest BCUT2D eigenvalue weighted by Gasteiger charge is -2.30. The van der Waals surface area contributed by atoms with E-state index in [0.29, 0.717) is 6.42 Å². The van der Waals surface area contributed by atoms with Gasteiger partial charge in [-0.2, -0.15) is 0 Å². The van der Waals surface area contributed by atoms with Crippen LogP contribution in [0.3, 0.4) is 0 Å². The monoisotopic (exact) mass is 287 g/mol. The molecule has 1 aliphatic heterocycles. The molecule has 0 spiro atoms. The van der Waals surface area contributed by atoms with Crippen LogP contribution in [0.2, 0.25) is 0 Å². The van der Waals surface area contributed by atoms with Gasteiger partial charge in [-0.1, -0.05) is 30.3 Å². The second-order valence-electron chi connectivity index (χ2n) is 6.08. The van der Waals surface area contributed by atoms with Crippen LogP contribution in [0.25, 0.3) is 5.70 Å². The largest absolute Gasteiger partial charge is 0.350 e. The quantitative estimate of drug-likeness (QED) is 0.889. The third kappa shape index (κ3) is 4.34. The van der Waals surface area contributed by atoms with Crippen LogP contribution in [-0.4, -0.2) is 28.9 Å². The molecule has 2 amide bonds. The smallest absolute Gasteiger partial charge is 0.245 e. The van der Waals surface area contributed by atoms with Crippen LogP contribution < -0.4 is 10.7 Å². The minimum Gasteiger partial charge on any atom is -0.350 e. The van der Waals surface area contributed by atoms with E-state index in [1.165, 1.54) is 5.01 Å². The number of nitrogens with one attached hydrogen (secondary N) is 2. The SMILES string of the molecule is CC(C)(C)NC(=O)CN1NC(c2ccccc2)=CCC1=O. The Balaban J connectivity index is 2.04. The number of hydrazine groups is 1. The van der Waals surface area contributed by atoms with Gasteiger partial charge >= 0.3 is 0 Å². The fourth-order valence-electron chi connectivity index (χ4n) is 2.08. The number of benzene rings is 1. The summed E-state index contributed by atoms with van der Waals surface area (Å²) < 4.78 is 0. The maximum Gasteiger partial charge on any atom is 0.245 e. The van der Waals surface area contributed by atoms with Crippen molar-refractivity contribution in [3.05, 3.63) is 42.0 Å².